The van der Waals surface area contributed by atoms with Gasteiger partial charge in [-0.05, 0) is 26.0 Å². The minimum atomic E-state index is 0.641. The first-order valence-corrected chi connectivity index (χ1v) is 9.15. The minimum Gasteiger partial charge on any atom is -0.494 e. The topological polar surface area (TPSA) is 53.1 Å². The summed E-state index contributed by atoms with van der Waals surface area (Å²) in [5.74, 6) is 3.30. The zero-order valence-corrected chi connectivity index (χ0v) is 15.3. The second-order valence-electron chi connectivity index (χ2n) is 5.43. The van der Waals surface area contributed by atoms with Crippen LogP contribution in [-0.2, 0) is 12.3 Å². The Hall–Kier alpha value is -2.47. The highest BCUT2D eigenvalue weighted by molar-refractivity contribution is 7.98. The van der Waals surface area contributed by atoms with E-state index in [4.69, 9.17) is 9.15 Å². The number of thioether (sulfide) groups is 1. The number of hydrogen-bond donors (Lipinski definition) is 0. The van der Waals surface area contributed by atoms with Crippen molar-refractivity contribution >= 4 is 11.8 Å². The van der Waals surface area contributed by atoms with Crippen LogP contribution < -0.4 is 4.74 Å². The molecule has 6 heteroatoms. The van der Waals surface area contributed by atoms with Crippen LogP contribution in [0.4, 0.5) is 0 Å². The number of nitrogens with zero attached hydrogens (tertiary/aromatic N) is 3. The lowest BCUT2D eigenvalue weighted by Gasteiger charge is -2.10. The van der Waals surface area contributed by atoms with E-state index in [9.17, 15) is 0 Å². The predicted molar refractivity (Wildman–Crippen MR) is 99.8 cm³/mol. The van der Waals surface area contributed by atoms with E-state index in [1.54, 1.807) is 18.0 Å². The van der Waals surface area contributed by atoms with Crippen molar-refractivity contribution in [1.82, 2.24) is 14.8 Å². The first-order valence-electron chi connectivity index (χ1n) is 8.16. The Morgan fingerprint density at radius 3 is 2.84 bits per heavy atom. The molecule has 5 nitrogen and oxygen atoms in total. The van der Waals surface area contributed by atoms with E-state index in [1.807, 2.05) is 44.2 Å². The Morgan fingerprint density at radius 2 is 2.12 bits per heavy atom. The van der Waals surface area contributed by atoms with Crippen molar-refractivity contribution < 1.29 is 9.15 Å². The number of rotatable bonds is 8. The maximum Gasteiger partial charge on any atom is 0.192 e. The number of benzene rings is 1. The van der Waals surface area contributed by atoms with Gasteiger partial charge in [0.1, 0.15) is 11.5 Å². The summed E-state index contributed by atoms with van der Waals surface area (Å²) >= 11 is 1.64. The second kappa shape index (κ2) is 8.07. The van der Waals surface area contributed by atoms with Gasteiger partial charge in [-0.1, -0.05) is 36.0 Å². The summed E-state index contributed by atoms with van der Waals surface area (Å²) in [5.41, 5.74) is 2.10. The molecular formula is C19H21N3O2S. The third-order valence-corrected chi connectivity index (χ3v) is 4.77. The maximum absolute atomic E-state index is 5.70. The van der Waals surface area contributed by atoms with Gasteiger partial charge in [-0.3, -0.25) is 4.57 Å². The van der Waals surface area contributed by atoms with E-state index < -0.39 is 0 Å². The molecule has 2 heterocycles. The monoisotopic (exact) mass is 355 g/mol. The summed E-state index contributed by atoms with van der Waals surface area (Å²) in [7, 11) is 0. The Balaban J connectivity index is 1.85. The van der Waals surface area contributed by atoms with Gasteiger partial charge in [-0.2, -0.15) is 0 Å². The van der Waals surface area contributed by atoms with Gasteiger partial charge in [0.05, 0.1) is 18.4 Å². The zero-order valence-electron chi connectivity index (χ0n) is 14.4. The number of allylic oxidation sites excluding steroid dienone is 1. The highest BCUT2D eigenvalue weighted by Gasteiger charge is 2.17. The van der Waals surface area contributed by atoms with E-state index in [0.717, 1.165) is 39.4 Å². The standard InChI is InChI=1S/C19H21N3O2S/c1-4-11-22-18(16-10-12-24-14(16)3)20-21-19(22)25-13-15-8-6-7-9-17(15)23-5-2/h4,6-10,12H,1,5,11,13H2,2-3H3. The van der Waals surface area contributed by atoms with Crippen molar-refractivity contribution in [3.05, 3.63) is 60.6 Å². The smallest absolute Gasteiger partial charge is 0.192 e. The van der Waals surface area contributed by atoms with E-state index in [1.165, 1.54) is 0 Å². The minimum absolute atomic E-state index is 0.641. The van der Waals surface area contributed by atoms with Crippen LogP contribution in [0.25, 0.3) is 11.4 Å². The quantitative estimate of drug-likeness (QED) is 0.432. The molecule has 0 saturated heterocycles. The average molecular weight is 355 g/mol. The molecule has 130 valence electrons. The van der Waals surface area contributed by atoms with Gasteiger partial charge in [0.15, 0.2) is 11.0 Å². The van der Waals surface area contributed by atoms with Crippen molar-refractivity contribution in [2.75, 3.05) is 6.61 Å². The molecule has 0 bridgehead atoms. The SMILES string of the molecule is C=CCn1c(SCc2ccccc2OCC)nnc1-c1ccoc1C. The molecule has 25 heavy (non-hydrogen) atoms. The summed E-state index contributed by atoms with van der Waals surface area (Å²) < 4.78 is 13.2. The number of hydrogen-bond acceptors (Lipinski definition) is 5. The Bertz CT molecular complexity index is 854. The van der Waals surface area contributed by atoms with Gasteiger partial charge in [-0.25, -0.2) is 0 Å². The van der Waals surface area contributed by atoms with Crippen LogP contribution in [0.15, 0.2) is 58.8 Å². The molecule has 0 radical (unpaired) electrons. The van der Waals surface area contributed by atoms with Gasteiger partial charge in [0.25, 0.3) is 0 Å². The summed E-state index contributed by atoms with van der Waals surface area (Å²) in [6, 6.07) is 9.99. The predicted octanol–water partition coefficient (Wildman–Crippen LogP) is 4.72. The molecular weight excluding hydrogens is 334 g/mol. The zero-order chi connectivity index (χ0) is 17.6. The van der Waals surface area contributed by atoms with E-state index in [-0.39, 0.29) is 0 Å². The fraction of sp³-hybridized carbons (Fsp3) is 0.263. The number of furan rings is 1. The van der Waals surface area contributed by atoms with Crippen molar-refractivity contribution in [2.24, 2.45) is 0 Å². The number of aryl methyl sites for hydroxylation is 1. The summed E-state index contributed by atoms with van der Waals surface area (Å²) in [5, 5.41) is 9.58. The van der Waals surface area contributed by atoms with Crippen LogP contribution in [0, 0.1) is 6.92 Å². The van der Waals surface area contributed by atoms with Crippen molar-refractivity contribution in [2.45, 2.75) is 31.3 Å². The largest absolute Gasteiger partial charge is 0.494 e. The van der Waals surface area contributed by atoms with Crippen LogP contribution in [0.3, 0.4) is 0 Å². The summed E-state index contributed by atoms with van der Waals surface area (Å²) in [6.45, 7) is 9.06. The van der Waals surface area contributed by atoms with Crippen LogP contribution in [-0.4, -0.2) is 21.4 Å². The maximum atomic E-state index is 5.70. The highest BCUT2D eigenvalue weighted by atomic mass is 32.2. The van der Waals surface area contributed by atoms with E-state index in [2.05, 4.69) is 27.4 Å². The first kappa shape index (κ1) is 17.4. The van der Waals surface area contributed by atoms with E-state index >= 15 is 0 Å². The molecule has 0 fully saturated rings. The lowest BCUT2D eigenvalue weighted by molar-refractivity contribution is 0.337. The van der Waals surface area contributed by atoms with Crippen LogP contribution in [0.1, 0.15) is 18.2 Å². The Labute approximate surface area is 151 Å². The molecule has 1 aromatic carbocycles. The summed E-state index contributed by atoms with van der Waals surface area (Å²) in [4.78, 5) is 0. The van der Waals surface area contributed by atoms with Gasteiger partial charge in [0.2, 0.25) is 0 Å². The Morgan fingerprint density at radius 1 is 1.28 bits per heavy atom. The number of aromatic nitrogens is 3. The fourth-order valence-corrected chi connectivity index (χ4v) is 3.51. The molecule has 3 rings (SSSR count). The van der Waals surface area contributed by atoms with Gasteiger partial charge < -0.3 is 9.15 Å². The molecule has 0 spiro atoms. The molecule has 0 N–H and O–H groups in total. The fourth-order valence-electron chi connectivity index (χ4n) is 2.57. The molecule has 0 saturated carbocycles. The lowest BCUT2D eigenvalue weighted by atomic mass is 10.2. The van der Waals surface area contributed by atoms with Crippen LogP contribution in [0.2, 0.25) is 0 Å². The van der Waals surface area contributed by atoms with Gasteiger partial charge >= 0.3 is 0 Å². The molecule has 0 aliphatic rings. The van der Waals surface area contributed by atoms with E-state index in [0.29, 0.717) is 13.2 Å². The third-order valence-electron chi connectivity index (χ3n) is 3.76. The normalized spacial score (nSPS) is 10.8. The van der Waals surface area contributed by atoms with Gasteiger partial charge in [-0.15, -0.1) is 16.8 Å². The van der Waals surface area contributed by atoms with Crippen LogP contribution >= 0.6 is 11.8 Å². The average Bonchev–Trinajstić information content (AvgIpc) is 3.21. The van der Waals surface area contributed by atoms with Crippen LogP contribution in [0.5, 0.6) is 5.75 Å². The molecule has 0 atom stereocenters. The number of ether oxygens (including phenoxy) is 1. The van der Waals surface area contributed by atoms with Crippen molar-refractivity contribution in [3.8, 4) is 17.1 Å². The number of para-hydroxylation sites is 1. The molecule has 3 aromatic rings. The Kier molecular flexibility index (Phi) is 5.60. The molecule has 0 aliphatic heterocycles. The molecule has 2 aromatic heterocycles. The first-order chi connectivity index (χ1) is 12.2. The highest BCUT2D eigenvalue weighted by Crippen LogP contribution is 2.30. The van der Waals surface area contributed by atoms with Crippen molar-refractivity contribution in [1.29, 1.82) is 0 Å². The molecule has 0 unspecified atom stereocenters. The molecule has 0 amide bonds. The molecule has 0 aliphatic carbocycles. The second-order valence-corrected chi connectivity index (χ2v) is 6.37. The lowest BCUT2D eigenvalue weighted by Crippen LogP contribution is -2.01. The van der Waals surface area contributed by atoms with Gasteiger partial charge in [0, 0.05) is 17.9 Å². The summed E-state index contributed by atoms with van der Waals surface area (Å²) in [6.07, 6.45) is 3.52. The van der Waals surface area contributed by atoms with Crippen molar-refractivity contribution in [3.63, 3.8) is 0 Å². The third kappa shape index (κ3) is 3.79.